The van der Waals surface area contributed by atoms with Crippen molar-refractivity contribution in [3.63, 3.8) is 0 Å². The standard InChI is InChI=1S/C13H18N4O2S/c1-3-17-9-13(15-10-17)20(18,19)16-12-6-4-11(5-7-12)8-14-2/h4-7,9-10,14,16H,3,8H2,1-2H3. The summed E-state index contributed by atoms with van der Waals surface area (Å²) in [6, 6.07) is 7.22. The van der Waals surface area contributed by atoms with Gasteiger partial charge in [0.15, 0.2) is 5.03 Å². The zero-order valence-corrected chi connectivity index (χ0v) is 12.3. The summed E-state index contributed by atoms with van der Waals surface area (Å²) in [5.41, 5.74) is 1.61. The monoisotopic (exact) mass is 294 g/mol. The highest BCUT2D eigenvalue weighted by molar-refractivity contribution is 7.92. The van der Waals surface area contributed by atoms with E-state index in [1.807, 2.05) is 26.1 Å². The number of aryl methyl sites for hydroxylation is 1. The number of sulfonamides is 1. The highest BCUT2D eigenvalue weighted by Crippen LogP contribution is 2.15. The average molecular weight is 294 g/mol. The van der Waals surface area contributed by atoms with Gasteiger partial charge in [0.1, 0.15) is 0 Å². The Morgan fingerprint density at radius 3 is 2.50 bits per heavy atom. The fraction of sp³-hybridized carbons (Fsp3) is 0.308. The molecule has 1 aromatic carbocycles. The lowest BCUT2D eigenvalue weighted by Gasteiger charge is -2.07. The molecule has 0 aliphatic rings. The van der Waals surface area contributed by atoms with Gasteiger partial charge in [-0.1, -0.05) is 12.1 Å². The summed E-state index contributed by atoms with van der Waals surface area (Å²) in [4.78, 5) is 3.90. The van der Waals surface area contributed by atoms with Crippen LogP contribution >= 0.6 is 0 Å². The largest absolute Gasteiger partial charge is 0.336 e. The van der Waals surface area contributed by atoms with Gasteiger partial charge in [-0.05, 0) is 31.7 Å². The Morgan fingerprint density at radius 1 is 1.25 bits per heavy atom. The molecule has 0 aliphatic heterocycles. The van der Waals surface area contributed by atoms with Gasteiger partial charge in [0, 0.05) is 25.0 Å². The van der Waals surface area contributed by atoms with Crippen LogP contribution in [0.2, 0.25) is 0 Å². The van der Waals surface area contributed by atoms with Gasteiger partial charge in [0.2, 0.25) is 0 Å². The van der Waals surface area contributed by atoms with Crippen molar-refractivity contribution < 1.29 is 8.42 Å². The molecule has 6 nitrogen and oxygen atoms in total. The van der Waals surface area contributed by atoms with Gasteiger partial charge in [-0.25, -0.2) is 4.98 Å². The Bertz CT molecular complexity index is 662. The Kier molecular flexibility index (Phi) is 4.41. The maximum Gasteiger partial charge on any atom is 0.280 e. The number of rotatable bonds is 6. The van der Waals surface area contributed by atoms with Crippen molar-refractivity contribution in [2.75, 3.05) is 11.8 Å². The average Bonchev–Trinajstić information content (AvgIpc) is 2.91. The molecule has 2 rings (SSSR count). The second kappa shape index (κ2) is 6.06. The maximum absolute atomic E-state index is 12.1. The summed E-state index contributed by atoms with van der Waals surface area (Å²) in [7, 11) is -1.76. The molecule has 0 radical (unpaired) electrons. The topological polar surface area (TPSA) is 76.0 Å². The third-order valence-corrected chi connectivity index (χ3v) is 4.10. The van der Waals surface area contributed by atoms with E-state index in [4.69, 9.17) is 0 Å². The predicted octanol–water partition coefficient (Wildman–Crippen LogP) is 1.42. The molecule has 0 amide bonds. The lowest BCUT2D eigenvalue weighted by atomic mass is 10.2. The molecule has 2 aromatic rings. The molecule has 20 heavy (non-hydrogen) atoms. The molecule has 0 aliphatic carbocycles. The van der Waals surface area contributed by atoms with Gasteiger partial charge in [-0.15, -0.1) is 0 Å². The van der Waals surface area contributed by atoms with Gasteiger partial charge >= 0.3 is 0 Å². The predicted molar refractivity (Wildman–Crippen MR) is 77.9 cm³/mol. The fourth-order valence-corrected chi connectivity index (χ4v) is 2.76. The van der Waals surface area contributed by atoms with Gasteiger partial charge in [-0.3, -0.25) is 4.72 Å². The van der Waals surface area contributed by atoms with Gasteiger partial charge < -0.3 is 9.88 Å². The van der Waals surface area contributed by atoms with Crippen LogP contribution in [0.1, 0.15) is 12.5 Å². The third kappa shape index (κ3) is 3.37. The van der Waals surface area contributed by atoms with E-state index in [9.17, 15) is 8.42 Å². The molecule has 0 bridgehead atoms. The molecule has 1 heterocycles. The van der Waals surface area contributed by atoms with E-state index in [1.54, 1.807) is 16.7 Å². The molecule has 7 heteroatoms. The number of hydrogen-bond acceptors (Lipinski definition) is 4. The Morgan fingerprint density at radius 2 is 1.95 bits per heavy atom. The second-order valence-corrected chi connectivity index (χ2v) is 6.00. The van der Waals surface area contributed by atoms with E-state index < -0.39 is 10.0 Å². The number of aromatic nitrogens is 2. The zero-order valence-electron chi connectivity index (χ0n) is 11.5. The zero-order chi connectivity index (χ0) is 14.6. The SMILES string of the molecule is CCn1cnc(S(=O)(=O)Nc2ccc(CNC)cc2)c1. The van der Waals surface area contributed by atoms with Crippen molar-refractivity contribution >= 4 is 15.7 Å². The van der Waals surface area contributed by atoms with E-state index in [0.717, 1.165) is 12.1 Å². The molecular formula is C13H18N4O2S. The lowest BCUT2D eigenvalue weighted by molar-refractivity contribution is 0.598. The van der Waals surface area contributed by atoms with Crippen molar-refractivity contribution in [2.45, 2.75) is 25.0 Å². The second-order valence-electron chi connectivity index (χ2n) is 4.38. The Labute approximate surface area is 118 Å². The summed E-state index contributed by atoms with van der Waals surface area (Å²) in [6.45, 7) is 3.35. The Balaban J connectivity index is 2.15. The van der Waals surface area contributed by atoms with Crippen LogP contribution in [0.4, 0.5) is 5.69 Å². The summed E-state index contributed by atoms with van der Waals surface area (Å²) in [5, 5.41) is 3.06. The van der Waals surface area contributed by atoms with Crippen LogP contribution < -0.4 is 10.0 Å². The highest BCUT2D eigenvalue weighted by Gasteiger charge is 2.17. The van der Waals surface area contributed by atoms with Crippen molar-refractivity contribution in [2.24, 2.45) is 0 Å². The van der Waals surface area contributed by atoms with Crippen molar-refractivity contribution in [1.82, 2.24) is 14.9 Å². The number of imidazole rings is 1. The number of benzene rings is 1. The van der Waals surface area contributed by atoms with E-state index in [1.165, 1.54) is 12.5 Å². The quantitative estimate of drug-likeness (QED) is 0.845. The third-order valence-electron chi connectivity index (χ3n) is 2.84. The first-order valence-corrected chi connectivity index (χ1v) is 7.81. The first kappa shape index (κ1) is 14.5. The van der Waals surface area contributed by atoms with Gasteiger partial charge in [0.05, 0.1) is 6.33 Å². The van der Waals surface area contributed by atoms with Crippen molar-refractivity contribution in [1.29, 1.82) is 0 Å². The maximum atomic E-state index is 12.1. The fourth-order valence-electron chi connectivity index (χ4n) is 1.75. The minimum absolute atomic E-state index is 0.0265. The molecule has 0 spiro atoms. The van der Waals surface area contributed by atoms with E-state index in [-0.39, 0.29) is 5.03 Å². The number of nitrogens with one attached hydrogen (secondary N) is 2. The Hall–Kier alpha value is -1.86. The van der Waals surface area contributed by atoms with E-state index in [0.29, 0.717) is 12.2 Å². The van der Waals surface area contributed by atoms with Crippen LogP contribution in [0.5, 0.6) is 0 Å². The first-order valence-electron chi connectivity index (χ1n) is 6.33. The van der Waals surface area contributed by atoms with Crippen LogP contribution in [0.3, 0.4) is 0 Å². The minimum atomic E-state index is -3.63. The number of hydrogen-bond donors (Lipinski definition) is 2. The molecule has 108 valence electrons. The van der Waals surface area contributed by atoms with Crippen LogP contribution in [-0.4, -0.2) is 25.0 Å². The summed E-state index contributed by atoms with van der Waals surface area (Å²) in [5.74, 6) is 0. The normalized spacial score (nSPS) is 11.5. The van der Waals surface area contributed by atoms with Crippen LogP contribution in [0.25, 0.3) is 0 Å². The number of nitrogens with zero attached hydrogens (tertiary/aromatic N) is 2. The van der Waals surface area contributed by atoms with Crippen molar-refractivity contribution in [3.8, 4) is 0 Å². The highest BCUT2D eigenvalue weighted by atomic mass is 32.2. The summed E-state index contributed by atoms with van der Waals surface area (Å²) >= 11 is 0. The smallest absolute Gasteiger partial charge is 0.280 e. The van der Waals surface area contributed by atoms with Gasteiger partial charge in [-0.2, -0.15) is 8.42 Å². The molecule has 0 fully saturated rings. The molecule has 0 saturated heterocycles. The van der Waals surface area contributed by atoms with Crippen molar-refractivity contribution in [3.05, 3.63) is 42.4 Å². The van der Waals surface area contributed by atoms with Gasteiger partial charge in [0.25, 0.3) is 10.0 Å². The molecule has 0 unspecified atom stereocenters. The summed E-state index contributed by atoms with van der Waals surface area (Å²) < 4.78 is 28.5. The van der Waals surface area contributed by atoms with E-state index >= 15 is 0 Å². The summed E-state index contributed by atoms with van der Waals surface area (Å²) in [6.07, 6.45) is 3.02. The molecular weight excluding hydrogens is 276 g/mol. The van der Waals surface area contributed by atoms with Crippen LogP contribution in [0.15, 0.2) is 41.8 Å². The first-order chi connectivity index (χ1) is 9.55. The molecule has 1 aromatic heterocycles. The van der Waals surface area contributed by atoms with Crippen LogP contribution in [-0.2, 0) is 23.1 Å². The van der Waals surface area contributed by atoms with E-state index in [2.05, 4.69) is 15.0 Å². The lowest BCUT2D eigenvalue weighted by Crippen LogP contribution is -2.13. The molecule has 2 N–H and O–H groups in total. The minimum Gasteiger partial charge on any atom is -0.336 e. The van der Waals surface area contributed by atoms with Crippen LogP contribution in [0, 0.1) is 0 Å². The molecule has 0 saturated carbocycles. The molecule has 0 atom stereocenters. The number of anilines is 1.